The van der Waals surface area contributed by atoms with Crippen LogP contribution < -0.4 is 42.4 Å². The molecule has 0 N–H and O–H groups in total. The second-order valence-corrected chi connectivity index (χ2v) is 20.4. The van der Waals surface area contributed by atoms with Crippen LogP contribution in [0.3, 0.4) is 0 Å². The summed E-state index contributed by atoms with van der Waals surface area (Å²) in [7, 11) is 0. The summed E-state index contributed by atoms with van der Waals surface area (Å²) in [5, 5.41) is 5.03. The number of para-hydroxylation sites is 5. The van der Waals surface area contributed by atoms with E-state index in [1.807, 2.05) is 23.5 Å². The Morgan fingerprint density at radius 3 is 1.56 bits per heavy atom. The first-order valence-corrected chi connectivity index (χ1v) is 25.0. The molecule has 0 unspecified atom stereocenters. The zero-order valence-corrected chi connectivity index (χ0v) is 38.1. The van der Waals surface area contributed by atoms with Crippen LogP contribution in [0, 0.1) is 0 Å². The number of aromatic nitrogens is 2. The number of rotatable bonds is 3. The number of nitrogens with zero attached hydrogens (tertiary/aromatic N) is 3. The van der Waals surface area contributed by atoms with E-state index in [0.29, 0.717) is 0 Å². The Kier molecular flexibility index (Phi) is 7.63. The molecule has 12 aromatic rings. The minimum absolute atomic E-state index is 0.0126. The topological polar surface area (TPSA) is 22.3 Å². The van der Waals surface area contributed by atoms with Gasteiger partial charge in [0.05, 0.1) is 27.8 Å². The van der Waals surface area contributed by atoms with E-state index in [1.165, 1.54) is 96.1 Å². The minimum atomic E-state index is -0.0275. The van der Waals surface area contributed by atoms with Gasteiger partial charge in [-0.05, 0) is 88.6 Å². The maximum Gasteiger partial charge on any atom is 0.253 e. The lowest BCUT2D eigenvalue weighted by Gasteiger charge is -2.42. The van der Waals surface area contributed by atoms with Crippen LogP contribution >= 0.6 is 23.5 Å². The highest BCUT2D eigenvalue weighted by Crippen LogP contribution is 2.51. The van der Waals surface area contributed by atoms with Crippen molar-refractivity contribution in [2.24, 2.45) is 0 Å². The first kappa shape index (κ1) is 37.3. The molecule has 10 aromatic carbocycles. The van der Waals surface area contributed by atoms with Crippen molar-refractivity contribution in [3.05, 3.63) is 212 Å². The molecule has 0 bridgehead atoms. The largest absolute Gasteiger partial charge is 0.458 e. The molecule has 4 nitrogen and oxygen atoms in total. The highest BCUT2D eigenvalue weighted by atomic mass is 32.2. The average Bonchev–Trinajstić information content (AvgIpc) is 3.91. The second-order valence-electron chi connectivity index (χ2n) is 18.3. The predicted octanol–water partition coefficient (Wildman–Crippen LogP) is 11.7. The van der Waals surface area contributed by atoms with Crippen molar-refractivity contribution in [2.75, 3.05) is 4.90 Å². The monoisotopic (exact) mass is 899 g/mol. The predicted molar refractivity (Wildman–Crippen MR) is 287 cm³/mol. The normalized spacial score (nSPS) is 13.8. The molecular weight excluding hydrogens is 864 g/mol. The number of benzene rings is 10. The van der Waals surface area contributed by atoms with Crippen molar-refractivity contribution in [1.29, 1.82) is 0 Å². The summed E-state index contributed by atoms with van der Waals surface area (Å²) in [4.78, 5) is 7.73. The highest BCUT2D eigenvalue weighted by molar-refractivity contribution is 8.00. The van der Waals surface area contributed by atoms with Crippen LogP contribution in [0.15, 0.2) is 232 Å². The van der Waals surface area contributed by atoms with Crippen molar-refractivity contribution < 1.29 is 4.74 Å². The Morgan fingerprint density at radius 1 is 0.368 bits per heavy atom. The molecule has 8 heteroatoms. The van der Waals surface area contributed by atoms with Crippen LogP contribution in [0.25, 0.3) is 55.0 Å². The summed E-state index contributed by atoms with van der Waals surface area (Å²) in [5.41, 5.74) is 18.3. The van der Waals surface area contributed by atoms with Gasteiger partial charge in [0.2, 0.25) is 6.71 Å². The third kappa shape index (κ3) is 4.95. The molecular formula is C60H35B2N3OS2. The highest BCUT2D eigenvalue weighted by Gasteiger charge is 2.47. The molecule has 68 heavy (non-hydrogen) atoms. The van der Waals surface area contributed by atoms with Gasteiger partial charge in [0.25, 0.3) is 6.71 Å². The van der Waals surface area contributed by atoms with Crippen molar-refractivity contribution in [3.8, 4) is 22.9 Å². The molecule has 0 radical (unpaired) electrons. The van der Waals surface area contributed by atoms with Crippen LogP contribution in [0.2, 0.25) is 0 Å². The molecule has 0 saturated carbocycles. The van der Waals surface area contributed by atoms with E-state index in [0.717, 1.165) is 39.8 Å². The van der Waals surface area contributed by atoms with Crippen molar-refractivity contribution in [3.63, 3.8) is 0 Å². The van der Waals surface area contributed by atoms with Crippen LogP contribution in [0.4, 0.5) is 17.1 Å². The number of anilines is 3. The molecule has 16 rings (SSSR count). The van der Waals surface area contributed by atoms with Gasteiger partial charge in [-0.15, -0.1) is 0 Å². The average molecular weight is 900 g/mol. The number of hydrogen-bond acceptors (Lipinski definition) is 4. The molecule has 6 heterocycles. The van der Waals surface area contributed by atoms with Gasteiger partial charge in [0.15, 0.2) is 0 Å². The summed E-state index contributed by atoms with van der Waals surface area (Å²) in [5.74, 6) is 1.82. The molecule has 0 atom stereocenters. The first-order chi connectivity index (χ1) is 33.8. The van der Waals surface area contributed by atoms with Gasteiger partial charge in [0.1, 0.15) is 11.5 Å². The molecule has 4 aliphatic heterocycles. The summed E-state index contributed by atoms with van der Waals surface area (Å²) < 4.78 is 12.4. The lowest BCUT2D eigenvalue weighted by atomic mass is 9.32. The van der Waals surface area contributed by atoms with Gasteiger partial charge in [0, 0.05) is 76.0 Å². The maximum atomic E-state index is 7.51. The maximum absolute atomic E-state index is 7.51. The fourth-order valence-corrected chi connectivity index (χ4v) is 14.7. The van der Waals surface area contributed by atoms with Gasteiger partial charge in [-0.25, -0.2) is 0 Å². The number of ether oxygens (including phenoxy) is 1. The minimum Gasteiger partial charge on any atom is -0.458 e. The van der Waals surface area contributed by atoms with Crippen LogP contribution in [0.5, 0.6) is 11.5 Å². The Labute approximate surface area is 401 Å². The third-order valence-electron chi connectivity index (χ3n) is 14.8. The van der Waals surface area contributed by atoms with Gasteiger partial charge < -0.3 is 18.8 Å². The Bertz CT molecular complexity index is 4150. The van der Waals surface area contributed by atoms with E-state index in [4.69, 9.17) is 4.74 Å². The van der Waals surface area contributed by atoms with Crippen LogP contribution in [-0.2, 0) is 0 Å². The van der Waals surface area contributed by atoms with E-state index < -0.39 is 0 Å². The zero-order chi connectivity index (χ0) is 44.2. The first-order valence-electron chi connectivity index (χ1n) is 23.3. The fraction of sp³-hybridized carbons (Fsp3) is 0. The Morgan fingerprint density at radius 2 is 0.897 bits per heavy atom. The SMILES string of the molecule is c1ccc(N2c3cc4c(cc3B3c5ccccc5Sc5cc6c(c2c53)c2ccccc2n6-c2ccccc2)B2c3ccccc3Sc3c2c(cc2c3c3ccccc3n2-c2ccccc2)O4)cc1. The Hall–Kier alpha value is -7.77. The molecule has 0 spiro atoms. The van der Waals surface area contributed by atoms with E-state index in [2.05, 4.69) is 226 Å². The van der Waals surface area contributed by atoms with Crippen LogP contribution in [-0.4, -0.2) is 22.6 Å². The summed E-state index contributed by atoms with van der Waals surface area (Å²) in [6, 6.07) is 78.4. The molecule has 314 valence electrons. The Balaban J connectivity index is 1.03. The summed E-state index contributed by atoms with van der Waals surface area (Å²) in [6.45, 7) is -0.0401. The van der Waals surface area contributed by atoms with E-state index in [-0.39, 0.29) is 13.4 Å². The number of fused-ring (bicyclic) bond motifs is 16. The molecule has 0 saturated heterocycles. The quantitative estimate of drug-likeness (QED) is 0.165. The van der Waals surface area contributed by atoms with Crippen LogP contribution in [0.1, 0.15) is 0 Å². The second kappa shape index (κ2) is 13.9. The lowest BCUT2D eigenvalue weighted by molar-refractivity contribution is 0.487. The smallest absolute Gasteiger partial charge is 0.253 e. The third-order valence-corrected chi connectivity index (χ3v) is 17.2. The lowest BCUT2D eigenvalue weighted by Crippen LogP contribution is -2.63. The molecule has 0 aliphatic carbocycles. The summed E-state index contributed by atoms with van der Waals surface area (Å²) in [6.07, 6.45) is 0. The van der Waals surface area contributed by atoms with E-state index in [9.17, 15) is 0 Å². The molecule has 0 fully saturated rings. The zero-order valence-electron chi connectivity index (χ0n) is 36.4. The van der Waals surface area contributed by atoms with Crippen molar-refractivity contribution in [2.45, 2.75) is 19.6 Å². The van der Waals surface area contributed by atoms with E-state index in [1.54, 1.807) is 0 Å². The molecule has 2 aromatic heterocycles. The fourth-order valence-electron chi connectivity index (χ4n) is 12.2. The number of hydrogen-bond donors (Lipinski definition) is 0. The van der Waals surface area contributed by atoms with Gasteiger partial charge in [-0.1, -0.05) is 168 Å². The van der Waals surface area contributed by atoms with Crippen molar-refractivity contribution >= 4 is 130 Å². The standard InChI is InChI=1S/C60H35B2N3OS2/c1-4-18-36(19-5-1)63-46-29-15-11-25-40(46)56-48(63)34-51-57-60(56)68-53-31-17-13-27-42(53)62(57)44-32-43-47(33-50(44)66-51)65(38-22-8-3-9-23-38)59-55-39-24-10-14-28-45(39)64(37-20-6-2-7-21-37)49(55)35-54-58(59)61(43)41-26-12-16-30-52(41)67-54/h1-35H. The van der Waals surface area contributed by atoms with Gasteiger partial charge in [-0.2, -0.15) is 0 Å². The van der Waals surface area contributed by atoms with Gasteiger partial charge in [-0.3, -0.25) is 0 Å². The summed E-state index contributed by atoms with van der Waals surface area (Å²) >= 11 is 3.81. The van der Waals surface area contributed by atoms with E-state index >= 15 is 0 Å². The molecule has 0 amide bonds. The van der Waals surface area contributed by atoms with Crippen molar-refractivity contribution in [1.82, 2.24) is 9.13 Å². The van der Waals surface area contributed by atoms with Gasteiger partial charge >= 0.3 is 0 Å². The molecule has 4 aliphatic rings.